The molecule has 0 spiro atoms. The Morgan fingerprint density at radius 2 is 2.32 bits per heavy atom. The molecule has 3 aromatic rings. The average molecular weight is 256 g/mol. The number of fused-ring (bicyclic) bond motifs is 1. The van der Waals surface area contributed by atoms with Gasteiger partial charge in [-0.2, -0.15) is 5.10 Å². The lowest BCUT2D eigenvalue weighted by Crippen LogP contribution is -2.14. The van der Waals surface area contributed by atoms with Crippen molar-refractivity contribution >= 4 is 10.9 Å². The number of rotatable bonds is 2. The highest BCUT2D eigenvalue weighted by Gasteiger charge is 2.06. The zero-order chi connectivity index (χ0) is 14.3. The van der Waals surface area contributed by atoms with Crippen LogP contribution in [0.5, 0.6) is 0 Å². The lowest BCUT2D eigenvalue weighted by atomic mass is 10.1. The van der Waals surface area contributed by atoms with Gasteiger partial charge in [0, 0.05) is 18.8 Å². The van der Waals surface area contributed by atoms with Crippen molar-refractivity contribution in [1.82, 2.24) is 19.7 Å². The minimum Gasteiger partial charge on any atom is -0.324 e. The minimum atomic E-state index is -0.209. The molecule has 3 N–H and O–H groups in total. The number of hydrogen-bond acceptors (Lipinski definition) is 4. The van der Waals surface area contributed by atoms with Crippen LogP contribution in [0.15, 0.2) is 35.4 Å². The van der Waals surface area contributed by atoms with E-state index in [9.17, 15) is 4.79 Å². The Morgan fingerprint density at radius 3 is 3.00 bits per heavy atom. The molecule has 2 aromatic heterocycles. The smallest absolute Gasteiger partial charge is 0.258 e. The molecule has 3 rings (SSSR count). The van der Waals surface area contributed by atoms with Crippen molar-refractivity contribution in [3.05, 3.63) is 46.7 Å². The van der Waals surface area contributed by atoms with Gasteiger partial charge in [0.1, 0.15) is 5.82 Å². The van der Waals surface area contributed by atoms with Crippen molar-refractivity contribution in [3.8, 4) is 11.1 Å². The van der Waals surface area contributed by atoms with Crippen molar-refractivity contribution < 1.29 is 1.37 Å². The van der Waals surface area contributed by atoms with Crippen LogP contribution in [-0.2, 0) is 13.6 Å². The topological polar surface area (TPSA) is 89.6 Å². The van der Waals surface area contributed by atoms with E-state index in [0.29, 0.717) is 28.5 Å². The van der Waals surface area contributed by atoms with Crippen molar-refractivity contribution in [2.24, 2.45) is 12.8 Å². The predicted octanol–water partition coefficient (Wildman–Crippen LogP) is 0.782. The standard InChI is InChI=1S/C13H13N5O/c1-18-7-9(6-15-18)8-2-3-10-11(4-8)16-12(5-14)17-13(10)19/h2-4,6-7H,5,14H2,1H3,(H,16,17,19)/i7D. The zero-order valence-electron chi connectivity index (χ0n) is 11.3. The van der Waals surface area contributed by atoms with Gasteiger partial charge in [-0.1, -0.05) is 6.07 Å². The Labute approximate surface area is 110 Å². The first-order valence-corrected chi connectivity index (χ1v) is 5.82. The molecule has 0 bridgehead atoms. The third kappa shape index (κ3) is 2.02. The summed E-state index contributed by atoms with van der Waals surface area (Å²) in [5.41, 5.74) is 7.37. The average Bonchev–Trinajstić information content (AvgIpc) is 2.78. The van der Waals surface area contributed by atoms with Gasteiger partial charge in [0.05, 0.1) is 25.0 Å². The molecule has 96 valence electrons. The molecule has 0 aliphatic rings. The largest absolute Gasteiger partial charge is 0.324 e. The molecule has 0 aliphatic carbocycles. The third-order valence-electron chi connectivity index (χ3n) is 2.90. The van der Waals surface area contributed by atoms with Crippen molar-refractivity contribution in [1.29, 1.82) is 0 Å². The molecule has 1 aromatic carbocycles. The quantitative estimate of drug-likeness (QED) is 0.709. The zero-order valence-corrected chi connectivity index (χ0v) is 10.3. The van der Waals surface area contributed by atoms with Crippen LogP contribution in [0.4, 0.5) is 0 Å². The molecule has 19 heavy (non-hydrogen) atoms. The van der Waals surface area contributed by atoms with Crippen molar-refractivity contribution in [3.63, 3.8) is 0 Å². The Bertz CT molecular complexity index is 852. The lowest BCUT2D eigenvalue weighted by Gasteiger charge is -2.02. The van der Waals surface area contributed by atoms with E-state index in [2.05, 4.69) is 15.1 Å². The Morgan fingerprint density at radius 1 is 1.47 bits per heavy atom. The fraction of sp³-hybridized carbons (Fsp3) is 0.154. The fourth-order valence-corrected chi connectivity index (χ4v) is 1.97. The van der Waals surface area contributed by atoms with E-state index in [-0.39, 0.29) is 12.1 Å². The number of hydrogen-bond donors (Lipinski definition) is 2. The first kappa shape index (κ1) is 10.5. The summed E-state index contributed by atoms with van der Waals surface area (Å²) < 4.78 is 9.42. The maximum atomic E-state index is 11.9. The first-order valence-electron chi connectivity index (χ1n) is 6.32. The summed E-state index contributed by atoms with van der Waals surface area (Å²) >= 11 is 0. The van der Waals surface area contributed by atoms with Gasteiger partial charge in [0.2, 0.25) is 0 Å². The molecule has 0 fully saturated rings. The van der Waals surface area contributed by atoms with E-state index in [0.717, 1.165) is 5.56 Å². The van der Waals surface area contributed by atoms with E-state index in [1.807, 2.05) is 0 Å². The van der Waals surface area contributed by atoms with E-state index in [1.165, 1.54) is 4.68 Å². The summed E-state index contributed by atoms with van der Waals surface area (Å²) in [7, 11) is 1.71. The number of nitrogens with zero attached hydrogens (tertiary/aromatic N) is 3. The Kier molecular flexibility index (Phi) is 2.38. The van der Waals surface area contributed by atoms with Crippen LogP contribution in [0.1, 0.15) is 7.20 Å². The third-order valence-corrected chi connectivity index (χ3v) is 2.90. The van der Waals surface area contributed by atoms with Crippen LogP contribution in [0.25, 0.3) is 22.0 Å². The highest BCUT2D eigenvalue weighted by Crippen LogP contribution is 2.21. The van der Waals surface area contributed by atoms with Crippen LogP contribution in [0, 0.1) is 0 Å². The normalized spacial score (nSPS) is 11.8. The Balaban J connectivity index is 2.24. The summed E-state index contributed by atoms with van der Waals surface area (Å²) in [4.78, 5) is 18.8. The van der Waals surface area contributed by atoms with Crippen LogP contribution in [-0.4, -0.2) is 19.7 Å². The van der Waals surface area contributed by atoms with Gasteiger partial charge in [0.25, 0.3) is 5.56 Å². The fourth-order valence-electron chi connectivity index (χ4n) is 1.97. The highest BCUT2D eigenvalue weighted by molar-refractivity contribution is 5.83. The molecule has 6 nitrogen and oxygen atoms in total. The maximum absolute atomic E-state index is 11.9. The number of nitrogens with two attached hydrogens (primary N) is 1. The molecule has 0 unspecified atom stereocenters. The second-order valence-corrected chi connectivity index (χ2v) is 4.24. The lowest BCUT2D eigenvalue weighted by molar-refractivity contribution is 0.768. The second-order valence-electron chi connectivity index (χ2n) is 4.24. The monoisotopic (exact) mass is 256 g/mol. The number of nitrogens with one attached hydrogen (secondary N) is 1. The van der Waals surface area contributed by atoms with E-state index in [4.69, 9.17) is 7.10 Å². The number of benzene rings is 1. The van der Waals surface area contributed by atoms with Crippen molar-refractivity contribution in [2.75, 3.05) is 0 Å². The molecule has 2 heterocycles. The highest BCUT2D eigenvalue weighted by atomic mass is 16.1. The second kappa shape index (κ2) is 4.33. The minimum absolute atomic E-state index is 0.173. The number of aromatic nitrogens is 4. The van der Waals surface area contributed by atoms with Gasteiger partial charge < -0.3 is 10.7 Å². The van der Waals surface area contributed by atoms with Crippen LogP contribution >= 0.6 is 0 Å². The predicted molar refractivity (Wildman–Crippen MR) is 72.5 cm³/mol. The van der Waals surface area contributed by atoms with Crippen LogP contribution < -0.4 is 11.3 Å². The molecular formula is C13H13N5O. The van der Waals surface area contributed by atoms with E-state index in [1.54, 1.807) is 31.4 Å². The summed E-state index contributed by atoms with van der Waals surface area (Å²) in [6.45, 7) is 0.173. The summed E-state index contributed by atoms with van der Waals surface area (Å²) in [6, 6.07) is 5.26. The van der Waals surface area contributed by atoms with Gasteiger partial charge in [-0.25, -0.2) is 4.98 Å². The maximum Gasteiger partial charge on any atom is 0.258 e. The van der Waals surface area contributed by atoms with Gasteiger partial charge in [0.15, 0.2) is 0 Å². The summed E-state index contributed by atoms with van der Waals surface area (Å²) in [6.07, 6.45) is 1.94. The number of H-pyrrole nitrogens is 1. The molecular weight excluding hydrogens is 242 g/mol. The molecule has 0 saturated heterocycles. The first-order chi connectivity index (χ1) is 9.60. The Hall–Kier alpha value is -2.47. The summed E-state index contributed by atoms with van der Waals surface area (Å²) in [5, 5.41) is 4.55. The van der Waals surface area contributed by atoms with Gasteiger partial charge >= 0.3 is 0 Å². The SMILES string of the molecule is [2H]c1c(-c2ccc3c(=O)[nH]c(CN)nc3c2)cnn1C. The van der Waals surface area contributed by atoms with Crippen LogP contribution in [0.2, 0.25) is 0 Å². The molecule has 0 radical (unpaired) electrons. The molecule has 0 saturated carbocycles. The van der Waals surface area contributed by atoms with E-state index < -0.39 is 0 Å². The summed E-state index contributed by atoms with van der Waals surface area (Å²) in [5.74, 6) is 0.442. The van der Waals surface area contributed by atoms with Crippen LogP contribution in [0.3, 0.4) is 0 Å². The van der Waals surface area contributed by atoms with Gasteiger partial charge in [-0.3, -0.25) is 9.48 Å². The van der Waals surface area contributed by atoms with Crippen molar-refractivity contribution in [2.45, 2.75) is 6.54 Å². The number of aromatic amines is 1. The molecule has 0 amide bonds. The van der Waals surface area contributed by atoms with Gasteiger partial charge in [-0.15, -0.1) is 0 Å². The molecule has 6 heteroatoms. The molecule has 0 aliphatic heterocycles. The number of aryl methyl sites for hydroxylation is 1. The van der Waals surface area contributed by atoms with Gasteiger partial charge in [-0.05, 0) is 17.7 Å². The molecule has 0 atom stereocenters. The van der Waals surface area contributed by atoms with E-state index >= 15 is 0 Å².